The molecule has 2 aromatic rings. The van der Waals surface area contributed by atoms with Crippen LogP contribution >= 0.6 is 0 Å². The number of Topliss-reactive ketones (excluding diaryl/α,β-unsaturated/α-hetero) is 1. The molecule has 0 saturated heterocycles. The second-order valence-electron chi connectivity index (χ2n) is 4.33. The van der Waals surface area contributed by atoms with Crippen molar-refractivity contribution < 1.29 is 18.0 Å². The Kier molecular flexibility index (Phi) is 4.40. The van der Waals surface area contributed by atoms with E-state index in [9.17, 15) is 13.2 Å². The molecule has 0 bridgehead atoms. The Labute approximate surface area is 123 Å². The smallest absolute Gasteiger partial charge is 0.286 e. The van der Waals surface area contributed by atoms with Crippen LogP contribution in [0.4, 0.5) is 5.69 Å². The summed E-state index contributed by atoms with van der Waals surface area (Å²) in [7, 11) is -2.56. The average Bonchev–Trinajstić information content (AvgIpc) is 2.49. The minimum absolute atomic E-state index is 0.0539. The molecule has 2 rings (SSSR count). The fraction of sp³-hybridized carbons (Fsp3) is 0.133. The highest BCUT2D eigenvalue weighted by Gasteiger charge is 2.25. The largest absolute Gasteiger partial charge is 0.295 e. The lowest BCUT2D eigenvalue weighted by molar-refractivity contribution is 0.101. The summed E-state index contributed by atoms with van der Waals surface area (Å²) in [5.74, 6) is -0.120. The summed E-state index contributed by atoms with van der Waals surface area (Å²) in [5, 5.41) is 0. The second kappa shape index (κ2) is 6.07. The molecule has 0 atom stereocenters. The first-order chi connectivity index (χ1) is 9.96. The van der Waals surface area contributed by atoms with Crippen molar-refractivity contribution >= 4 is 21.5 Å². The Morgan fingerprint density at radius 2 is 1.57 bits per heavy atom. The highest BCUT2D eigenvalue weighted by atomic mass is 32.2. The summed E-state index contributed by atoms with van der Waals surface area (Å²) in [5.41, 5.74) is 0.855. The molecule has 0 amide bonds. The van der Waals surface area contributed by atoms with E-state index in [0.717, 1.165) is 4.47 Å². The number of rotatable bonds is 5. The summed E-state index contributed by atoms with van der Waals surface area (Å²) in [6.07, 6.45) is 0. The van der Waals surface area contributed by atoms with Crippen LogP contribution in [0.1, 0.15) is 17.3 Å². The molecule has 0 aliphatic heterocycles. The van der Waals surface area contributed by atoms with Crippen molar-refractivity contribution in [1.82, 2.24) is 0 Å². The molecule has 0 fully saturated rings. The van der Waals surface area contributed by atoms with Crippen molar-refractivity contribution in [2.75, 3.05) is 11.6 Å². The normalized spacial score (nSPS) is 11.1. The Hall–Kier alpha value is -2.18. The Balaban J connectivity index is 2.42. The van der Waals surface area contributed by atoms with Crippen LogP contribution in [0.5, 0.6) is 0 Å². The van der Waals surface area contributed by atoms with Crippen LogP contribution < -0.4 is 4.47 Å². The van der Waals surface area contributed by atoms with Crippen LogP contribution in [-0.4, -0.2) is 21.3 Å². The van der Waals surface area contributed by atoms with Crippen molar-refractivity contribution in [3.05, 3.63) is 60.2 Å². The number of anilines is 1. The molecule has 6 heteroatoms. The number of hydrogen-bond acceptors (Lipinski definition) is 4. The molecular weight excluding hydrogens is 290 g/mol. The van der Waals surface area contributed by atoms with E-state index in [1.165, 1.54) is 38.3 Å². The minimum atomic E-state index is -3.85. The van der Waals surface area contributed by atoms with Crippen LogP contribution in [-0.2, 0) is 14.9 Å². The zero-order valence-corrected chi connectivity index (χ0v) is 12.5. The Morgan fingerprint density at radius 3 is 2.05 bits per heavy atom. The zero-order chi connectivity index (χ0) is 15.5. The number of carbonyl (C=O) groups is 1. The number of sulfonamides is 1. The monoisotopic (exact) mass is 305 g/mol. The van der Waals surface area contributed by atoms with Gasteiger partial charge in [0.1, 0.15) is 0 Å². The number of hydrogen-bond donors (Lipinski definition) is 0. The van der Waals surface area contributed by atoms with Crippen molar-refractivity contribution in [3.63, 3.8) is 0 Å². The number of nitrogens with zero attached hydrogens (tertiary/aromatic N) is 1. The molecule has 0 saturated carbocycles. The molecule has 0 radical (unpaired) electrons. The molecule has 0 aromatic heterocycles. The van der Waals surface area contributed by atoms with Crippen molar-refractivity contribution in [2.24, 2.45) is 0 Å². The maximum absolute atomic E-state index is 12.6. The van der Waals surface area contributed by atoms with Gasteiger partial charge in [0.15, 0.2) is 5.78 Å². The lowest BCUT2D eigenvalue weighted by atomic mass is 10.2. The summed E-state index contributed by atoms with van der Waals surface area (Å²) in [6, 6.07) is 14.2. The standard InChI is InChI=1S/C15H15NO4S/c1-12(17)13-8-10-15(11-9-13)21(18,19)16(20-2)14-6-4-3-5-7-14/h3-11H,1-2H3. The van der Waals surface area contributed by atoms with Gasteiger partial charge in [0, 0.05) is 5.56 Å². The fourth-order valence-corrected chi connectivity index (χ4v) is 3.12. The van der Waals surface area contributed by atoms with Crippen LogP contribution in [0.25, 0.3) is 0 Å². The van der Waals surface area contributed by atoms with Crippen LogP contribution in [0.3, 0.4) is 0 Å². The SMILES string of the molecule is CON(c1ccccc1)S(=O)(=O)c1ccc(C(C)=O)cc1. The first kappa shape index (κ1) is 15.2. The van der Waals surface area contributed by atoms with Gasteiger partial charge < -0.3 is 0 Å². The van der Waals surface area contributed by atoms with Crippen LogP contribution in [0, 0.1) is 0 Å². The summed E-state index contributed by atoms with van der Waals surface area (Å²) < 4.78 is 26.0. The van der Waals surface area contributed by atoms with Gasteiger partial charge in [0.25, 0.3) is 10.0 Å². The Bertz CT molecular complexity index is 724. The maximum Gasteiger partial charge on any atom is 0.286 e. The molecule has 0 N–H and O–H groups in total. The molecule has 0 heterocycles. The predicted molar refractivity (Wildman–Crippen MR) is 79.6 cm³/mol. The summed E-state index contributed by atoms with van der Waals surface area (Å²) >= 11 is 0. The van der Waals surface area contributed by atoms with Crippen molar-refractivity contribution in [2.45, 2.75) is 11.8 Å². The van der Waals surface area contributed by atoms with E-state index < -0.39 is 10.0 Å². The molecular formula is C15H15NO4S. The third-order valence-electron chi connectivity index (χ3n) is 2.91. The van der Waals surface area contributed by atoms with Crippen molar-refractivity contribution in [3.8, 4) is 0 Å². The van der Waals surface area contributed by atoms with Crippen LogP contribution in [0.2, 0.25) is 0 Å². The molecule has 0 spiro atoms. The first-order valence-corrected chi connectivity index (χ1v) is 7.66. The van der Waals surface area contributed by atoms with Gasteiger partial charge in [0.05, 0.1) is 17.7 Å². The highest BCUT2D eigenvalue weighted by Crippen LogP contribution is 2.23. The average molecular weight is 305 g/mol. The third-order valence-corrected chi connectivity index (χ3v) is 4.57. The fourth-order valence-electron chi connectivity index (χ4n) is 1.85. The lowest BCUT2D eigenvalue weighted by Gasteiger charge is -2.21. The summed E-state index contributed by atoms with van der Waals surface area (Å²) in [6.45, 7) is 1.43. The first-order valence-electron chi connectivity index (χ1n) is 6.22. The minimum Gasteiger partial charge on any atom is -0.295 e. The van der Waals surface area contributed by atoms with Gasteiger partial charge in [-0.3, -0.25) is 9.63 Å². The van der Waals surface area contributed by atoms with E-state index in [4.69, 9.17) is 4.84 Å². The number of ketones is 1. The number of carbonyl (C=O) groups excluding carboxylic acids is 1. The molecule has 5 nitrogen and oxygen atoms in total. The lowest BCUT2D eigenvalue weighted by Crippen LogP contribution is -2.29. The second-order valence-corrected chi connectivity index (χ2v) is 6.08. The van der Waals surface area contributed by atoms with E-state index in [-0.39, 0.29) is 10.7 Å². The zero-order valence-electron chi connectivity index (χ0n) is 11.7. The van der Waals surface area contributed by atoms with E-state index in [2.05, 4.69) is 0 Å². The van der Waals surface area contributed by atoms with Gasteiger partial charge >= 0.3 is 0 Å². The third kappa shape index (κ3) is 3.12. The topological polar surface area (TPSA) is 63.7 Å². The number of benzene rings is 2. The number of para-hydroxylation sites is 1. The van der Waals surface area contributed by atoms with E-state index in [1.54, 1.807) is 30.3 Å². The summed E-state index contributed by atoms with van der Waals surface area (Å²) in [4.78, 5) is 16.3. The molecule has 110 valence electrons. The van der Waals surface area contributed by atoms with Crippen LogP contribution in [0.15, 0.2) is 59.5 Å². The molecule has 0 unspecified atom stereocenters. The Morgan fingerprint density at radius 1 is 1.00 bits per heavy atom. The van der Waals surface area contributed by atoms with Gasteiger partial charge in [-0.25, -0.2) is 0 Å². The highest BCUT2D eigenvalue weighted by molar-refractivity contribution is 7.92. The van der Waals surface area contributed by atoms with Gasteiger partial charge in [0.2, 0.25) is 0 Å². The van der Waals surface area contributed by atoms with E-state index >= 15 is 0 Å². The quantitative estimate of drug-likeness (QED) is 0.629. The molecule has 0 aliphatic rings. The molecule has 2 aromatic carbocycles. The van der Waals surface area contributed by atoms with E-state index in [0.29, 0.717) is 11.3 Å². The molecule has 0 aliphatic carbocycles. The van der Waals surface area contributed by atoms with Gasteiger partial charge in [-0.15, -0.1) is 4.47 Å². The van der Waals surface area contributed by atoms with Gasteiger partial charge in [-0.1, -0.05) is 30.3 Å². The maximum atomic E-state index is 12.6. The van der Waals surface area contributed by atoms with Crippen molar-refractivity contribution in [1.29, 1.82) is 0 Å². The predicted octanol–water partition coefficient (Wildman–Crippen LogP) is 2.65. The van der Waals surface area contributed by atoms with E-state index in [1.807, 2.05) is 0 Å². The van der Waals surface area contributed by atoms with Gasteiger partial charge in [-0.05, 0) is 31.2 Å². The molecule has 21 heavy (non-hydrogen) atoms. The van der Waals surface area contributed by atoms with Gasteiger partial charge in [-0.2, -0.15) is 8.42 Å².